The number of carbonyl (C=O) groups is 1. The van der Waals surface area contributed by atoms with Crippen molar-refractivity contribution >= 4 is 22.4 Å². The van der Waals surface area contributed by atoms with Crippen LogP contribution in [0.4, 0.5) is 5.69 Å². The minimum Gasteiger partial charge on any atom is -0.484 e. The van der Waals surface area contributed by atoms with Crippen LogP contribution in [-0.2, 0) is 17.6 Å². The Morgan fingerprint density at radius 1 is 0.880 bits per heavy atom. The fourth-order valence-electron chi connectivity index (χ4n) is 2.98. The average Bonchev–Trinajstić information content (AvgIpc) is 2.66. The smallest absolute Gasteiger partial charge is 0.262 e. The van der Waals surface area contributed by atoms with Crippen molar-refractivity contribution in [2.24, 2.45) is 0 Å². The van der Waals surface area contributed by atoms with E-state index in [9.17, 15) is 4.79 Å². The maximum absolute atomic E-state index is 12.3. The van der Waals surface area contributed by atoms with Crippen molar-refractivity contribution in [3.8, 4) is 5.75 Å². The van der Waals surface area contributed by atoms with Gasteiger partial charge >= 0.3 is 0 Å². The lowest BCUT2D eigenvalue weighted by Crippen LogP contribution is -2.21. The van der Waals surface area contributed by atoms with Crippen molar-refractivity contribution < 1.29 is 9.53 Å². The van der Waals surface area contributed by atoms with Gasteiger partial charge < -0.3 is 10.1 Å². The van der Waals surface area contributed by atoms with Gasteiger partial charge in [-0.1, -0.05) is 62.4 Å². The Morgan fingerprint density at radius 2 is 1.56 bits per heavy atom. The Hall–Kier alpha value is -2.81. The summed E-state index contributed by atoms with van der Waals surface area (Å²) in [5, 5.41) is 5.28. The van der Waals surface area contributed by atoms with Crippen LogP contribution in [0.25, 0.3) is 10.8 Å². The maximum atomic E-state index is 12.3. The zero-order valence-electron chi connectivity index (χ0n) is 14.7. The maximum Gasteiger partial charge on any atom is 0.262 e. The Bertz CT molecular complexity index is 864. The molecule has 0 bridgehead atoms. The molecule has 3 aromatic rings. The number of ether oxygens (including phenoxy) is 1. The second-order valence-corrected chi connectivity index (χ2v) is 6.00. The summed E-state index contributed by atoms with van der Waals surface area (Å²) in [7, 11) is 0. The summed E-state index contributed by atoms with van der Waals surface area (Å²) in [6.07, 6.45) is 1.77. The van der Waals surface area contributed by atoms with Gasteiger partial charge in [0.2, 0.25) is 0 Å². The van der Waals surface area contributed by atoms with Crippen LogP contribution < -0.4 is 10.1 Å². The number of nitrogens with one attached hydrogen (secondary N) is 1. The molecular weight excluding hydrogens is 310 g/mol. The second-order valence-electron chi connectivity index (χ2n) is 6.00. The van der Waals surface area contributed by atoms with Crippen LogP contribution in [0.1, 0.15) is 25.0 Å². The fourth-order valence-corrected chi connectivity index (χ4v) is 2.98. The molecule has 0 unspecified atom stereocenters. The van der Waals surface area contributed by atoms with E-state index in [4.69, 9.17) is 4.74 Å². The van der Waals surface area contributed by atoms with Gasteiger partial charge in [0.25, 0.3) is 5.91 Å². The molecule has 0 heterocycles. The number of rotatable bonds is 6. The highest BCUT2D eigenvalue weighted by Gasteiger charge is 2.10. The molecule has 0 aromatic heterocycles. The Labute approximate surface area is 148 Å². The van der Waals surface area contributed by atoms with E-state index in [2.05, 4.69) is 37.4 Å². The van der Waals surface area contributed by atoms with Crippen molar-refractivity contribution in [1.29, 1.82) is 0 Å². The number of anilines is 1. The molecule has 3 rings (SSSR count). The van der Waals surface area contributed by atoms with E-state index < -0.39 is 0 Å². The zero-order valence-corrected chi connectivity index (χ0v) is 14.7. The van der Waals surface area contributed by atoms with E-state index in [1.54, 1.807) is 0 Å². The lowest BCUT2D eigenvalue weighted by molar-refractivity contribution is -0.118. The highest BCUT2D eigenvalue weighted by Crippen LogP contribution is 2.23. The van der Waals surface area contributed by atoms with Gasteiger partial charge in [0.15, 0.2) is 6.61 Å². The zero-order chi connectivity index (χ0) is 17.6. The Morgan fingerprint density at radius 3 is 2.24 bits per heavy atom. The Kier molecular flexibility index (Phi) is 5.34. The molecule has 0 aliphatic heterocycles. The number of fused-ring (bicyclic) bond motifs is 1. The predicted molar refractivity (Wildman–Crippen MR) is 103 cm³/mol. The molecule has 0 saturated heterocycles. The van der Waals surface area contributed by atoms with Gasteiger partial charge in [-0.3, -0.25) is 4.79 Å². The van der Waals surface area contributed by atoms with Crippen LogP contribution in [0.3, 0.4) is 0 Å². The molecule has 25 heavy (non-hydrogen) atoms. The second kappa shape index (κ2) is 7.84. The summed E-state index contributed by atoms with van der Waals surface area (Å²) in [4.78, 5) is 12.3. The van der Waals surface area contributed by atoms with E-state index in [0.717, 1.165) is 40.4 Å². The predicted octanol–water partition coefficient (Wildman–Crippen LogP) is 4.98. The molecule has 3 aromatic carbocycles. The molecule has 0 aliphatic rings. The van der Waals surface area contributed by atoms with Crippen LogP contribution in [0.2, 0.25) is 0 Å². The quantitative estimate of drug-likeness (QED) is 0.691. The minimum absolute atomic E-state index is 0.000453. The number of hydrogen-bond donors (Lipinski definition) is 1. The first-order chi connectivity index (χ1) is 12.2. The van der Waals surface area contributed by atoms with Gasteiger partial charge in [-0.2, -0.15) is 0 Å². The van der Waals surface area contributed by atoms with Crippen molar-refractivity contribution in [2.75, 3.05) is 11.9 Å². The van der Waals surface area contributed by atoms with Crippen molar-refractivity contribution in [1.82, 2.24) is 0 Å². The summed E-state index contributed by atoms with van der Waals surface area (Å²) in [6, 6.07) is 20.1. The number of carbonyl (C=O) groups excluding carboxylic acids is 1. The van der Waals surface area contributed by atoms with Gasteiger partial charge in [0.05, 0.1) is 0 Å². The summed E-state index contributed by atoms with van der Waals surface area (Å²) in [5.41, 5.74) is 3.23. The molecule has 0 aliphatic carbocycles. The third-order valence-electron chi connectivity index (χ3n) is 4.35. The van der Waals surface area contributed by atoms with E-state index in [1.165, 1.54) is 0 Å². The number of hydrogen-bond acceptors (Lipinski definition) is 2. The summed E-state index contributed by atoms with van der Waals surface area (Å²) in [6.45, 7) is 4.19. The van der Waals surface area contributed by atoms with Crippen LogP contribution in [0.5, 0.6) is 5.75 Å². The van der Waals surface area contributed by atoms with E-state index >= 15 is 0 Å². The number of aryl methyl sites for hydroxylation is 2. The lowest BCUT2D eigenvalue weighted by Gasteiger charge is -2.15. The molecular formula is C22H23NO2. The number of benzene rings is 3. The molecule has 128 valence electrons. The normalized spacial score (nSPS) is 10.6. The highest BCUT2D eigenvalue weighted by atomic mass is 16.5. The molecule has 0 spiro atoms. The minimum atomic E-state index is -0.135. The number of para-hydroxylation sites is 1. The van der Waals surface area contributed by atoms with Crippen molar-refractivity contribution in [2.45, 2.75) is 26.7 Å². The monoisotopic (exact) mass is 333 g/mol. The van der Waals surface area contributed by atoms with E-state index in [0.29, 0.717) is 5.75 Å². The SMILES string of the molecule is CCc1cccc(CC)c1NC(=O)COc1ccc2ccccc2c1. The highest BCUT2D eigenvalue weighted by molar-refractivity contribution is 5.93. The van der Waals surface area contributed by atoms with E-state index in [-0.39, 0.29) is 12.5 Å². The Balaban J connectivity index is 1.68. The summed E-state index contributed by atoms with van der Waals surface area (Å²) < 4.78 is 5.68. The fraction of sp³-hybridized carbons (Fsp3) is 0.227. The standard InChI is InChI=1S/C22H23NO2/c1-3-16-10-7-11-17(4-2)22(16)23-21(24)15-25-20-13-12-18-8-5-6-9-19(18)14-20/h5-14H,3-4,15H2,1-2H3,(H,23,24). The molecule has 0 fully saturated rings. The molecule has 3 heteroatoms. The summed E-state index contributed by atoms with van der Waals surface area (Å²) in [5.74, 6) is 0.567. The molecule has 1 amide bonds. The number of amides is 1. The molecule has 1 N–H and O–H groups in total. The third kappa shape index (κ3) is 4.00. The summed E-state index contributed by atoms with van der Waals surface area (Å²) >= 11 is 0. The van der Waals surface area contributed by atoms with Gasteiger partial charge in [0, 0.05) is 5.69 Å². The van der Waals surface area contributed by atoms with Gasteiger partial charge in [0.1, 0.15) is 5.75 Å². The molecule has 0 radical (unpaired) electrons. The molecule has 3 nitrogen and oxygen atoms in total. The lowest BCUT2D eigenvalue weighted by atomic mass is 10.0. The van der Waals surface area contributed by atoms with Crippen LogP contribution in [-0.4, -0.2) is 12.5 Å². The van der Waals surface area contributed by atoms with E-state index in [1.807, 2.05) is 42.5 Å². The first kappa shape index (κ1) is 17.0. The van der Waals surface area contributed by atoms with Gasteiger partial charge in [-0.25, -0.2) is 0 Å². The van der Waals surface area contributed by atoms with Crippen LogP contribution in [0.15, 0.2) is 60.7 Å². The van der Waals surface area contributed by atoms with Gasteiger partial charge in [-0.05, 0) is 46.9 Å². The van der Waals surface area contributed by atoms with Gasteiger partial charge in [-0.15, -0.1) is 0 Å². The van der Waals surface area contributed by atoms with Crippen LogP contribution in [0, 0.1) is 0 Å². The first-order valence-electron chi connectivity index (χ1n) is 8.73. The topological polar surface area (TPSA) is 38.3 Å². The molecule has 0 atom stereocenters. The molecule has 0 saturated carbocycles. The first-order valence-corrected chi connectivity index (χ1v) is 8.73. The van der Waals surface area contributed by atoms with Crippen LogP contribution >= 0.6 is 0 Å². The third-order valence-corrected chi connectivity index (χ3v) is 4.35. The van der Waals surface area contributed by atoms with Crippen molar-refractivity contribution in [3.05, 3.63) is 71.8 Å². The largest absolute Gasteiger partial charge is 0.484 e. The van der Waals surface area contributed by atoms with Crippen molar-refractivity contribution in [3.63, 3.8) is 0 Å². The average molecular weight is 333 g/mol.